The van der Waals surface area contributed by atoms with Crippen molar-refractivity contribution in [2.24, 2.45) is 4.99 Å². The van der Waals surface area contributed by atoms with Crippen molar-refractivity contribution < 1.29 is 9.53 Å². The van der Waals surface area contributed by atoms with Gasteiger partial charge in [-0.1, -0.05) is 18.2 Å². The lowest BCUT2D eigenvalue weighted by Crippen LogP contribution is -2.08. The third-order valence-electron chi connectivity index (χ3n) is 2.26. The summed E-state index contributed by atoms with van der Waals surface area (Å²) < 4.78 is 4.61. The number of aliphatic imine (C=N–C) groups is 1. The number of nitrogens with zero attached hydrogens (tertiary/aromatic N) is 1. The van der Waals surface area contributed by atoms with Crippen LogP contribution in [-0.4, -0.2) is 19.3 Å². The molecule has 16 heavy (non-hydrogen) atoms. The number of nitrogens with one attached hydrogen (secondary N) is 1. The highest BCUT2D eigenvalue weighted by molar-refractivity contribution is 5.90. The molecule has 0 atom stereocenters. The summed E-state index contributed by atoms with van der Waals surface area (Å²) in [7, 11) is 1.37. The van der Waals surface area contributed by atoms with Gasteiger partial charge in [-0.05, 0) is 6.07 Å². The van der Waals surface area contributed by atoms with Gasteiger partial charge in [0.15, 0.2) is 0 Å². The molecule has 0 aromatic heterocycles. The summed E-state index contributed by atoms with van der Waals surface area (Å²) in [6.07, 6.45) is 3.59. The highest BCUT2D eigenvalue weighted by Gasteiger charge is 2.09. The zero-order valence-corrected chi connectivity index (χ0v) is 8.93. The Balaban J connectivity index is 2.19. The standard InChI is InChI=1S/C12H12N2O2/c1-16-12(15)6-10-8-13-7-9-4-2-3-5-11(9)14-10/h2-5,7-8,14H,6H2,1H3. The number of hydrogen-bond donors (Lipinski definition) is 1. The minimum Gasteiger partial charge on any atom is -0.469 e. The molecule has 1 heterocycles. The lowest BCUT2D eigenvalue weighted by molar-refractivity contribution is -0.139. The first kappa shape index (κ1) is 10.4. The number of ether oxygens (including phenoxy) is 1. The van der Waals surface area contributed by atoms with Gasteiger partial charge in [0.2, 0.25) is 0 Å². The monoisotopic (exact) mass is 216 g/mol. The third kappa shape index (κ3) is 2.28. The summed E-state index contributed by atoms with van der Waals surface area (Å²) in [6, 6.07) is 7.77. The Bertz CT molecular complexity index is 464. The van der Waals surface area contributed by atoms with Crippen LogP contribution in [0.25, 0.3) is 0 Å². The molecule has 2 rings (SSSR count). The third-order valence-corrected chi connectivity index (χ3v) is 2.26. The van der Waals surface area contributed by atoms with E-state index < -0.39 is 0 Å². The highest BCUT2D eigenvalue weighted by Crippen LogP contribution is 2.19. The van der Waals surface area contributed by atoms with Crippen LogP contribution in [0.5, 0.6) is 0 Å². The fraction of sp³-hybridized carbons (Fsp3) is 0.167. The molecule has 82 valence electrons. The average Bonchev–Trinajstić information content (AvgIpc) is 2.50. The van der Waals surface area contributed by atoms with Gasteiger partial charge in [-0.2, -0.15) is 0 Å². The highest BCUT2D eigenvalue weighted by atomic mass is 16.5. The number of esters is 1. The molecule has 1 aromatic rings. The smallest absolute Gasteiger partial charge is 0.311 e. The molecule has 4 nitrogen and oxygen atoms in total. The van der Waals surface area contributed by atoms with Crippen LogP contribution < -0.4 is 5.32 Å². The number of anilines is 1. The van der Waals surface area contributed by atoms with E-state index in [1.807, 2.05) is 24.3 Å². The van der Waals surface area contributed by atoms with E-state index in [2.05, 4.69) is 15.0 Å². The van der Waals surface area contributed by atoms with Crippen LogP contribution in [0.3, 0.4) is 0 Å². The molecule has 0 saturated heterocycles. The predicted molar refractivity (Wildman–Crippen MR) is 62.4 cm³/mol. The lowest BCUT2D eigenvalue weighted by atomic mass is 10.2. The van der Waals surface area contributed by atoms with E-state index >= 15 is 0 Å². The van der Waals surface area contributed by atoms with Crippen molar-refractivity contribution >= 4 is 17.9 Å². The Hall–Kier alpha value is -2.10. The second kappa shape index (κ2) is 4.61. The lowest BCUT2D eigenvalue weighted by Gasteiger charge is -2.09. The maximum atomic E-state index is 11.1. The summed E-state index contributed by atoms with van der Waals surface area (Å²) in [5, 5.41) is 3.16. The first-order valence-corrected chi connectivity index (χ1v) is 4.94. The van der Waals surface area contributed by atoms with E-state index in [4.69, 9.17) is 0 Å². The van der Waals surface area contributed by atoms with Crippen LogP contribution in [-0.2, 0) is 9.53 Å². The van der Waals surface area contributed by atoms with Crippen molar-refractivity contribution in [2.75, 3.05) is 12.4 Å². The zero-order valence-electron chi connectivity index (χ0n) is 8.93. The van der Waals surface area contributed by atoms with Crippen LogP contribution in [0.15, 0.2) is 41.2 Å². The molecule has 0 radical (unpaired) electrons. The van der Waals surface area contributed by atoms with Gasteiger partial charge in [-0.15, -0.1) is 0 Å². The van der Waals surface area contributed by atoms with Gasteiger partial charge >= 0.3 is 5.97 Å². The molecule has 4 heteroatoms. The molecule has 1 N–H and O–H groups in total. The van der Waals surface area contributed by atoms with Crippen molar-refractivity contribution in [2.45, 2.75) is 6.42 Å². The molecule has 0 amide bonds. The predicted octanol–water partition coefficient (Wildman–Crippen LogP) is 1.94. The zero-order chi connectivity index (χ0) is 11.4. The molecular formula is C12H12N2O2. The number of methoxy groups -OCH3 is 1. The van der Waals surface area contributed by atoms with E-state index in [9.17, 15) is 4.79 Å². The Morgan fingerprint density at radius 3 is 3.06 bits per heavy atom. The Labute approximate surface area is 93.6 Å². The van der Waals surface area contributed by atoms with Crippen LogP contribution >= 0.6 is 0 Å². The number of rotatable bonds is 2. The quantitative estimate of drug-likeness (QED) is 0.768. The molecule has 0 fully saturated rings. The first-order valence-electron chi connectivity index (χ1n) is 4.94. The van der Waals surface area contributed by atoms with Crippen molar-refractivity contribution in [3.05, 3.63) is 41.7 Å². The van der Waals surface area contributed by atoms with E-state index in [0.717, 1.165) is 16.9 Å². The Morgan fingerprint density at radius 1 is 1.44 bits per heavy atom. The molecule has 1 aliphatic heterocycles. The van der Waals surface area contributed by atoms with Gasteiger partial charge in [0.05, 0.1) is 13.5 Å². The van der Waals surface area contributed by atoms with Gasteiger partial charge in [0.25, 0.3) is 0 Å². The molecule has 0 saturated carbocycles. The number of para-hydroxylation sites is 1. The summed E-state index contributed by atoms with van der Waals surface area (Å²) in [6.45, 7) is 0. The topological polar surface area (TPSA) is 50.7 Å². The minimum atomic E-state index is -0.284. The Morgan fingerprint density at radius 2 is 2.25 bits per heavy atom. The first-order chi connectivity index (χ1) is 7.79. The molecule has 0 bridgehead atoms. The number of fused-ring (bicyclic) bond motifs is 1. The van der Waals surface area contributed by atoms with Crippen LogP contribution in [0.2, 0.25) is 0 Å². The summed E-state index contributed by atoms with van der Waals surface area (Å²) >= 11 is 0. The Kier molecular flexibility index (Phi) is 3.00. The fourth-order valence-electron chi connectivity index (χ4n) is 1.45. The van der Waals surface area contributed by atoms with Crippen molar-refractivity contribution in [1.29, 1.82) is 0 Å². The van der Waals surface area contributed by atoms with Crippen LogP contribution in [0.4, 0.5) is 5.69 Å². The van der Waals surface area contributed by atoms with Gasteiger partial charge in [-0.25, -0.2) is 0 Å². The fourth-order valence-corrected chi connectivity index (χ4v) is 1.45. The molecule has 0 aliphatic carbocycles. The maximum Gasteiger partial charge on any atom is 0.311 e. The molecule has 0 spiro atoms. The van der Waals surface area contributed by atoms with E-state index in [1.165, 1.54) is 7.11 Å². The number of carbonyl (C=O) groups is 1. The van der Waals surface area contributed by atoms with Gasteiger partial charge in [-0.3, -0.25) is 9.79 Å². The second-order valence-electron chi connectivity index (χ2n) is 3.40. The van der Waals surface area contributed by atoms with Gasteiger partial charge in [0.1, 0.15) is 0 Å². The SMILES string of the molecule is COC(=O)CC1=CN=Cc2ccccc2N1. The van der Waals surface area contributed by atoms with Crippen molar-refractivity contribution in [3.63, 3.8) is 0 Å². The van der Waals surface area contributed by atoms with Crippen LogP contribution in [0.1, 0.15) is 12.0 Å². The van der Waals surface area contributed by atoms with Crippen LogP contribution in [0, 0.1) is 0 Å². The number of carbonyl (C=O) groups excluding carboxylic acids is 1. The van der Waals surface area contributed by atoms with E-state index in [0.29, 0.717) is 0 Å². The molecule has 0 unspecified atom stereocenters. The number of benzene rings is 1. The largest absolute Gasteiger partial charge is 0.469 e. The molecule has 1 aliphatic rings. The van der Waals surface area contributed by atoms with E-state index in [1.54, 1.807) is 12.4 Å². The van der Waals surface area contributed by atoms with Crippen molar-refractivity contribution in [1.82, 2.24) is 0 Å². The maximum absolute atomic E-state index is 11.1. The summed E-state index contributed by atoms with van der Waals surface area (Å²) in [5.74, 6) is -0.284. The van der Waals surface area contributed by atoms with Gasteiger partial charge < -0.3 is 10.1 Å². The summed E-state index contributed by atoms with van der Waals surface area (Å²) in [5.41, 5.74) is 2.67. The van der Waals surface area contributed by atoms with Gasteiger partial charge in [0, 0.05) is 29.4 Å². The molecular weight excluding hydrogens is 204 g/mol. The van der Waals surface area contributed by atoms with E-state index in [-0.39, 0.29) is 12.4 Å². The second-order valence-corrected chi connectivity index (χ2v) is 3.40. The minimum absolute atomic E-state index is 0.197. The van der Waals surface area contributed by atoms with Crippen molar-refractivity contribution in [3.8, 4) is 0 Å². The summed E-state index contributed by atoms with van der Waals surface area (Å²) in [4.78, 5) is 15.3. The number of hydrogen-bond acceptors (Lipinski definition) is 4. The molecule has 1 aromatic carbocycles. The average molecular weight is 216 g/mol. The normalized spacial score (nSPS) is 13.2.